The summed E-state index contributed by atoms with van der Waals surface area (Å²) < 4.78 is 7.43. The summed E-state index contributed by atoms with van der Waals surface area (Å²) in [5.74, 6) is 0.417. The van der Waals surface area contributed by atoms with Crippen molar-refractivity contribution in [3.05, 3.63) is 52.0 Å². The lowest BCUT2D eigenvalue weighted by Crippen LogP contribution is -2.20. The van der Waals surface area contributed by atoms with E-state index in [0.29, 0.717) is 10.9 Å². The van der Waals surface area contributed by atoms with E-state index < -0.39 is 0 Å². The van der Waals surface area contributed by atoms with Gasteiger partial charge >= 0.3 is 0 Å². The van der Waals surface area contributed by atoms with Gasteiger partial charge in [0.25, 0.3) is 5.91 Å². The number of nitrogens with one attached hydrogen (secondary N) is 1. The van der Waals surface area contributed by atoms with E-state index in [1.54, 1.807) is 0 Å². The number of hydrogen-bond donors (Lipinski definition) is 1. The molecule has 1 amide bonds. The topological polar surface area (TPSA) is 51.2 Å². The quantitative estimate of drug-likeness (QED) is 0.702. The van der Waals surface area contributed by atoms with Gasteiger partial charge in [0, 0.05) is 0 Å². The highest BCUT2D eigenvalue weighted by molar-refractivity contribution is 9.10. The molecule has 0 radical (unpaired) electrons. The highest BCUT2D eigenvalue weighted by Crippen LogP contribution is 2.28. The lowest BCUT2D eigenvalue weighted by Gasteiger charge is -2.08. The first-order valence-electron chi connectivity index (χ1n) is 7.08. The number of thiazole rings is 1. The molecule has 0 aliphatic rings. The van der Waals surface area contributed by atoms with Gasteiger partial charge < -0.3 is 4.74 Å². The molecule has 0 atom stereocenters. The van der Waals surface area contributed by atoms with E-state index in [-0.39, 0.29) is 12.5 Å². The molecule has 0 saturated heterocycles. The zero-order valence-electron chi connectivity index (χ0n) is 12.7. The molecule has 4 nitrogen and oxygen atoms in total. The summed E-state index contributed by atoms with van der Waals surface area (Å²) in [5, 5.41) is 3.38. The van der Waals surface area contributed by atoms with Crippen LogP contribution in [0.2, 0.25) is 0 Å². The van der Waals surface area contributed by atoms with Gasteiger partial charge in [0.1, 0.15) is 5.75 Å². The van der Waals surface area contributed by atoms with Crippen molar-refractivity contribution in [2.24, 2.45) is 0 Å². The summed E-state index contributed by atoms with van der Waals surface area (Å²) in [5.41, 5.74) is 3.15. The smallest absolute Gasteiger partial charge is 0.264 e. The number of aromatic nitrogens is 1. The summed E-state index contributed by atoms with van der Waals surface area (Å²) in [4.78, 5) is 16.5. The Bertz CT molecular complexity index is 876. The second kappa shape index (κ2) is 6.68. The third-order valence-electron chi connectivity index (χ3n) is 3.31. The fourth-order valence-corrected chi connectivity index (χ4v) is 3.73. The minimum absolute atomic E-state index is 0.0590. The summed E-state index contributed by atoms with van der Waals surface area (Å²) in [7, 11) is 0. The van der Waals surface area contributed by atoms with Gasteiger partial charge in [0.15, 0.2) is 11.7 Å². The Hall–Kier alpha value is -1.92. The van der Waals surface area contributed by atoms with Crippen LogP contribution in [0.4, 0.5) is 5.13 Å². The predicted octanol–water partition coefficient (Wildman–Crippen LogP) is 4.69. The van der Waals surface area contributed by atoms with Crippen LogP contribution in [0.15, 0.2) is 40.9 Å². The van der Waals surface area contributed by atoms with Crippen molar-refractivity contribution in [2.45, 2.75) is 13.8 Å². The molecule has 0 aliphatic heterocycles. The molecule has 0 aliphatic carbocycles. The van der Waals surface area contributed by atoms with Crippen LogP contribution in [0.1, 0.15) is 11.1 Å². The zero-order chi connectivity index (χ0) is 16.4. The van der Waals surface area contributed by atoms with E-state index in [0.717, 1.165) is 25.8 Å². The maximum Gasteiger partial charge on any atom is 0.264 e. The van der Waals surface area contributed by atoms with Crippen molar-refractivity contribution in [1.82, 2.24) is 4.98 Å². The Morgan fingerprint density at radius 2 is 2.13 bits per heavy atom. The fourth-order valence-electron chi connectivity index (χ4n) is 2.16. The molecule has 3 rings (SSSR count). The fraction of sp³-hybridized carbons (Fsp3) is 0.176. The number of carbonyl (C=O) groups is 1. The Kier molecular flexibility index (Phi) is 4.63. The second-order valence-corrected chi connectivity index (χ2v) is 7.10. The van der Waals surface area contributed by atoms with Gasteiger partial charge in [0.2, 0.25) is 0 Å². The summed E-state index contributed by atoms with van der Waals surface area (Å²) in [6, 6.07) is 11.7. The monoisotopic (exact) mass is 390 g/mol. The lowest BCUT2D eigenvalue weighted by molar-refractivity contribution is -0.118. The van der Waals surface area contributed by atoms with Crippen molar-refractivity contribution in [3.8, 4) is 5.75 Å². The van der Waals surface area contributed by atoms with Gasteiger partial charge in [-0.3, -0.25) is 10.1 Å². The van der Waals surface area contributed by atoms with Gasteiger partial charge in [-0.2, -0.15) is 0 Å². The van der Waals surface area contributed by atoms with Gasteiger partial charge in [-0.05, 0) is 59.1 Å². The van der Waals surface area contributed by atoms with Gasteiger partial charge in [-0.15, -0.1) is 0 Å². The number of amides is 1. The first-order valence-corrected chi connectivity index (χ1v) is 8.69. The van der Waals surface area contributed by atoms with Crippen LogP contribution in [-0.4, -0.2) is 17.5 Å². The van der Waals surface area contributed by atoms with Crippen molar-refractivity contribution in [3.63, 3.8) is 0 Å². The number of anilines is 1. The number of carbonyl (C=O) groups excluding carboxylic acids is 1. The molecular weight excluding hydrogens is 376 g/mol. The van der Waals surface area contributed by atoms with Crippen molar-refractivity contribution < 1.29 is 9.53 Å². The van der Waals surface area contributed by atoms with Crippen LogP contribution in [-0.2, 0) is 4.79 Å². The number of nitrogens with zero attached hydrogens (tertiary/aromatic N) is 1. The summed E-state index contributed by atoms with van der Waals surface area (Å²) in [6.07, 6.45) is 0. The van der Waals surface area contributed by atoms with E-state index in [1.165, 1.54) is 11.3 Å². The number of hydrogen-bond acceptors (Lipinski definition) is 4. The SMILES string of the molecule is Cc1ccc(OCC(=O)Nc2nc3c(C)cccc3s2)c(Br)c1. The Labute approximate surface area is 146 Å². The molecule has 1 aromatic heterocycles. The van der Waals surface area contributed by atoms with Gasteiger partial charge in [-0.1, -0.05) is 29.5 Å². The zero-order valence-corrected chi connectivity index (χ0v) is 15.1. The maximum absolute atomic E-state index is 12.0. The average molecular weight is 391 g/mol. The summed E-state index contributed by atoms with van der Waals surface area (Å²) in [6.45, 7) is 3.94. The molecule has 0 spiro atoms. The normalized spacial score (nSPS) is 10.7. The number of para-hydroxylation sites is 1. The molecule has 0 saturated carbocycles. The van der Waals surface area contributed by atoms with Gasteiger partial charge in [-0.25, -0.2) is 4.98 Å². The van der Waals surface area contributed by atoms with Crippen LogP contribution in [0.3, 0.4) is 0 Å². The first kappa shape index (κ1) is 16.0. The average Bonchev–Trinajstić information content (AvgIpc) is 2.90. The molecule has 1 heterocycles. The van der Waals surface area contributed by atoms with E-state index >= 15 is 0 Å². The van der Waals surface area contributed by atoms with Crippen molar-refractivity contribution >= 4 is 48.5 Å². The van der Waals surface area contributed by atoms with Crippen LogP contribution in [0.25, 0.3) is 10.2 Å². The van der Waals surface area contributed by atoms with Crippen LogP contribution >= 0.6 is 27.3 Å². The molecule has 23 heavy (non-hydrogen) atoms. The lowest BCUT2D eigenvalue weighted by atomic mass is 10.2. The van der Waals surface area contributed by atoms with E-state index in [4.69, 9.17) is 4.74 Å². The predicted molar refractivity (Wildman–Crippen MR) is 97.4 cm³/mol. The molecule has 118 valence electrons. The molecule has 0 fully saturated rings. The van der Waals surface area contributed by atoms with Crippen molar-refractivity contribution in [1.29, 1.82) is 0 Å². The molecule has 3 aromatic rings. The van der Waals surface area contributed by atoms with E-state index in [1.807, 2.05) is 50.2 Å². The molecule has 6 heteroatoms. The number of benzene rings is 2. The Morgan fingerprint density at radius 1 is 1.30 bits per heavy atom. The molecular formula is C17H15BrN2O2S. The molecule has 0 bridgehead atoms. The highest BCUT2D eigenvalue weighted by Gasteiger charge is 2.10. The van der Waals surface area contributed by atoms with Crippen LogP contribution < -0.4 is 10.1 Å². The maximum atomic E-state index is 12.0. The number of ether oxygens (including phenoxy) is 1. The number of halogens is 1. The second-order valence-electron chi connectivity index (χ2n) is 5.21. The first-order chi connectivity index (χ1) is 11.0. The van der Waals surface area contributed by atoms with Gasteiger partial charge in [0.05, 0.1) is 14.7 Å². The Balaban J connectivity index is 1.65. The number of fused-ring (bicyclic) bond motifs is 1. The Morgan fingerprint density at radius 3 is 2.87 bits per heavy atom. The standard InChI is InChI=1S/C17H15BrN2O2S/c1-10-6-7-13(12(18)8-10)22-9-15(21)19-17-20-16-11(2)4-3-5-14(16)23-17/h3-8H,9H2,1-2H3,(H,19,20,21). The van der Waals surface area contributed by atoms with E-state index in [2.05, 4.69) is 26.2 Å². The molecule has 1 N–H and O–H groups in total. The molecule has 0 unspecified atom stereocenters. The van der Waals surface area contributed by atoms with Crippen molar-refractivity contribution in [2.75, 3.05) is 11.9 Å². The van der Waals surface area contributed by atoms with Crippen LogP contribution in [0.5, 0.6) is 5.75 Å². The molecule has 2 aromatic carbocycles. The summed E-state index contributed by atoms with van der Waals surface area (Å²) >= 11 is 4.89. The van der Waals surface area contributed by atoms with Crippen LogP contribution in [0, 0.1) is 13.8 Å². The minimum Gasteiger partial charge on any atom is -0.483 e. The number of aryl methyl sites for hydroxylation is 2. The minimum atomic E-state index is -0.228. The number of rotatable bonds is 4. The van der Waals surface area contributed by atoms with E-state index in [9.17, 15) is 4.79 Å². The third-order valence-corrected chi connectivity index (χ3v) is 4.87. The highest BCUT2D eigenvalue weighted by atomic mass is 79.9. The third kappa shape index (κ3) is 3.71. The largest absolute Gasteiger partial charge is 0.483 e.